The molecule has 9 heteroatoms. The summed E-state index contributed by atoms with van der Waals surface area (Å²) in [6.07, 6.45) is -1.91. The van der Waals surface area contributed by atoms with E-state index < -0.39 is 17.7 Å². The average Bonchev–Trinajstić information content (AvgIpc) is 3.05. The van der Waals surface area contributed by atoms with Gasteiger partial charge in [-0.25, -0.2) is 4.39 Å². The molecule has 0 radical (unpaired) electrons. The molecule has 1 heterocycles. The van der Waals surface area contributed by atoms with E-state index in [-0.39, 0.29) is 29.7 Å². The van der Waals surface area contributed by atoms with Gasteiger partial charge >= 0.3 is 6.18 Å². The van der Waals surface area contributed by atoms with E-state index in [0.29, 0.717) is 54.8 Å². The van der Waals surface area contributed by atoms with Crippen LogP contribution in [0.15, 0.2) is 17.0 Å². The second-order valence-corrected chi connectivity index (χ2v) is 8.62. The first-order valence-corrected chi connectivity index (χ1v) is 10.7. The molecule has 0 bridgehead atoms. The third-order valence-electron chi connectivity index (χ3n) is 5.46. The van der Waals surface area contributed by atoms with Gasteiger partial charge in [0.1, 0.15) is 11.6 Å². The van der Waals surface area contributed by atoms with E-state index in [0.717, 1.165) is 12.8 Å². The molecule has 1 unspecified atom stereocenters. The summed E-state index contributed by atoms with van der Waals surface area (Å²) in [7, 11) is 0. The van der Waals surface area contributed by atoms with Crippen molar-refractivity contribution in [2.75, 3.05) is 36.8 Å². The van der Waals surface area contributed by atoms with E-state index in [2.05, 4.69) is 0 Å². The van der Waals surface area contributed by atoms with Gasteiger partial charge in [-0.1, -0.05) is 0 Å². The van der Waals surface area contributed by atoms with Crippen molar-refractivity contribution in [3.8, 4) is 0 Å². The fourth-order valence-electron chi connectivity index (χ4n) is 3.84. The fourth-order valence-corrected chi connectivity index (χ4v) is 4.64. The van der Waals surface area contributed by atoms with Gasteiger partial charge in [-0.05, 0) is 37.5 Å². The smallest absolute Gasteiger partial charge is 0.366 e. The number of piperazine rings is 1. The Hall–Kier alpha value is -1.77. The summed E-state index contributed by atoms with van der Waals surface area (Å²) >= 11 is 0.649. The number of anilines is 1. The number of benzene rings is 1. The molecule has 160 valence electrons. The van der Waals surface area contributed by atoms with Crippen LogP contribution >= 0.6 is 11.8 Å². The normalized spacial score (nSPS) is 20.4. The highest BCUT2D eigenvalue weighted by molar-refractivity contribution is 7.99. The van der Waals surface area contributed by atoms with Crippen molar-refractivity contribution in [3.63, 3.8) is 0 Å². The van der Waals surface area contributed by atoms with Crippen LogP contribution in [0.25, 0.3) is 0 Å². The van der Waals surface area contributed by atoms with Crippen LogP contribution in [0.4, 0.5) is 23.2 Å². The van der Waals surface area contributed by atoms with Crippen molar-refractivity contribution >= 4 is 29.1 Å². The van der Waals surface area contributed by atoms with E-state index in [1.54, 1.807) is 16.7 Å². The number of hydrogen-bond acceptors (Lipinski definition) is 4. The van der Waals surface area contributed by atoms with Crippen molar-refractivity contribution in [1.29, 1.82) is 0 Å². The minimum Gasteiger partial charge on any atom is -0.366 e. The van der Waals surface area contributed by atoms with Crippen LogP contribution in [0.1, 0.15) is 31.2 Å². The zero-order chi connectivity index (χ0) is 21.2. The molecule has 1 aromatic carbocycles. The summed E-state index contributed by atoms with van der Waals surface area (Å²) in [4.78, 5) is 28.1. The number of Topliss-reactive ketones (excluding diaryl/α,β-unsaturated/α-hetero) is 1. The molecule has 2 aliphatic rings. The van der Waals surface area contributed by atoms with Crippen LogP contribution in [-0.4, -0.2) is 54.7 Å². The van der Waals surface area contributed by atoms with Crippen molar-refractivity contribution in [2.45, 2.75) is 43.7 Å². The number of hydrogen-bond donors (Lipinski definition) is 0. The molecule has 1 aliphatic carbocycles. The predicted octanol–water partition coefficient (Wildman–Crippen LogP) is 4.20. The Balaban J connectivity index is 1.61. The topological polar surface area (TPSA) is 40.6 Å². The predicted molar refractivity (Wildman–Crippen MR) is 104 cm³/mol. The van der Waals surface area contributed by atoms with Gasteiger partial charge in [-0.2, -0.15) is 13.2 Å². The van der Waals surface area contributed by atoms with Crippen LogP contribution < -0.4 is 4.90 Å². The van der Waals surface area contributed by atoms with Gasteiger partial charge in [0, 0.05) is 49.8 Å². The number of carbonyl (C=O) groups excluding carboxylic acids is 2. The second-order valence-electron chi connectivity index (χ2n) is 7.60. The molecule has 4 nitrogen and oxygen atoms in total. The van der Waals surface area contributed by atoms with Crippen LogP contribution in [-0.2, 0) is 9.59 Å². The first-order chi connectivity index (χ1) is 13.6. The van der Waals surface area contributed by atoms with Gasteiger partial charge in [0.2, 0.25) is 5.91 Å². The molecule has 0 aromatic heterocycles. The summed E-state index contributed by atoms with van der Waals surface area (Å²) < 4.78 is 52.1. The molecule has 0 spiro atoms. The number of nitrogens with zero attached hydrogens (tertiary/aromatic N) is 2. The Bertz CT molecular complexity index is 776. The Morgan fingerprint density at radius 3 is 2.48 bits per heavy atom. The number of aryl methyl sites for hydroxylation is 1. The molecule has 29 heavy (non-hydrogen) atoms. The summed E-state index contributed by atoms with van der Waals surface area (Å²) in [6, 6.07) is 2.73. The first-order valence-electron chi connectivity index (χ1n) is 9.69. The number of thioether (sulfide) groups is 1. The number of rotatable bonds is 5. The minimum atomic E-state index is -4.29. The average molecular weight is 432 g/mol. The van der Waals surface area contributed by atoms with E-state index in [1.807, 2.05) is 0 Å². The third-order valence-corrected chi connectivity index (χ3v) is 6.68. The summed E-state index contributed by atoms with van der Waals surface area (Å²) in [5.41, 5.74) is 0.730. The molecule has 1 aliphatic heterocycles. The minimum absolute atomic E-state index is 0.0595. The molecule has 2 fully saturated rings. The van der Waals surface area contributed by atoms with Gasteiger partial charge in [0.05, 0.1) is 11.4 Å². The molecule has 1 amide bonds. The van der Waals surface area contributed by atoms with E-state index >= 15 is 0 Å². The molecule has 1 atom stereocenters. The van der Waals surface area contributed by atoms with E-state index in [1.165, 1.54) is 12.1 Å². The highest BCUT2D eigenvalue weighted by atomic mass is 32.2. The maximum absolute atomic E-state index is 14.5. The quantitative estimate of drug-likeness (QED) is 0.517. The third kappa shape index (κ3) is 5.65. The maximum atomic E-state index is 14.5. The van der Waals surface area contributed by atoms with Crippen molar-refractivity contribution in [3.05, 3.63) is 23.5 Å². The Morgan fingerprint density at radius 1 is 1.21 bits per heavy atom. The Morgan fingerprint density at radius 2 is 1.90 bits per heavy atom. The SMILES string of the molecule is Cc1cc(F)c(N2CCN(C(=O)CC3CCCC3=O)CC2)cc1SCC(F)(F)F. The monoisotopic (exact) mass is 432 g/mol. The van der Waals surface area contributed by atoms with E-state index in [4.69, 9.17) is 0 Å². The molecule has 3 rings (SSSR count). The molecule has 1 saturated heterocycles. The number of alkyl halides is 3. The van der Waals surface area contributed by atoms with Gasteiger partial charge < -0.3 is 9.80 Å². The molecule has 1 saturated carbocycles. The highest BCUT2D eigenvalue weighted by Crippen LogP contribution is 2.34. The van der Waals surface area contributed by atoms with Gasteiger partial charge in [0.15, 0.2) is 0 Å². The second kappa shape index (κ2) is 8.93. The van der Waals surface area contributed by atoms with Crippen LogP contribution in [0, 0.1) is 18.7 Å². The molecular formula is C20H24F4N2O2S. The standard InChI is InChI=1S/C20H24F4N2O2S/c1-13-9-15(21)16(11-18(13)29-12-20(22,23)24)25-5-7-26(8-6-25)19(28)10-14-3-2-4-17(14)27/h9,11,14H,2-8,10,12H2,1H3. The van der Waals surface area contributed by atoms with Gasteiger partial charge in [-0.3, -0.25) is 9.59 Å². The number of amides is 1. The zero-order valence-electron chi connectivity index (χ0n) is 16.2. The van der Waals surface area contributed by atoms with Gasteiger partial charge in [-0.15, -0.1) is 11.8 Å². The number of carbonyl (C=O) groups is 2. The fraction of sp³-hybridized carbons (Fsp3) is 0.600. The largest absolute Gasteiger partial charge is 0.398 e. The van der Waals surface area contributed by atoms with Crippen molar-refractivity contribution < 1.29 is 27.2 Å². The van der Waals surface area contributed by atoms with Crippen molar-refractivity contribution in [2.24, 2.45) is 5.92 Å². The Kier molecular flexibility index (Phi) is 6.76. The lowest BCUT2D eigenvalue weighted by Crippen LogP contribution is -2.49. The highest BCUT2D eigenvalue weighted by Gasteiger charge is 2.31. The summed E-state index contributed by atoms with van der Waals surface area (Å²) in [5, 5.41) is 0. The lowest BCUT2D eigenvalue weighted by molar-refractivity contribution is -0.135. The van der Waals surface area contributed by atoms with E-state index in [9.17, 15) is 27.2 Å². The summed E-state index contributed by atoms with van der Waals surface area (Å²) in [5.74, 6) is -1.59. The first kappa shape index (κ1) is 21.9. The van der Waals surface area contributed by atoms with Gasteiger partial charge in [0.25, 0.3) is 0 Å². The maximum Gasteiger partial charge on any atom is 0.398 e. The molecular weight excluding hydrogens is 408 g/mol. The molecule has 1 aromatic rings. The van der Waals surface area contributed by atoms with Crippen molar-refractivity contribution in [1.82, 2.24) is 4.90 Å². The van der Waals surface area contributed by atoms with Crippen LogP contribution in [0.5, 0.6) is 0 Å². The number of halogens is 4. The zero-order valence-corrected chi connectivity index (χ0v) is 17.0. The lowest BCUT2D eigenvalue weighted by Gasteiger charge is -2.36. The molecule has 0 N–H and O–H groups in total. The Labute approximate surface area is 171 Å². The lowest BCUT2D eigenvalue weighted by atomic mass is 10.0. The summed E-state index contributed by atoms with van der Waals surface area (Å²) in [6.45, 7) is 3.18. The van der Waals surface area contributed by atoms with Crippen LogP contribution in [0.3, 0.4) is 0 Å². The van der Waals surface area contributed by atoms with Crippen LogP contribution in [0.2, 0.25) is 0 Å². The number of ketones is 1.